The Bertz CT molecular complexity index is 1390. The molecule has 0 aliphatic carbocycles. The molecule has 0 bridgehead atoms. The third-order valence-electron chi connectivity index (χ3n) is 8.61. The van der Waals surface area contributed by atoms with Crippen LogP contribution in [0, 0.1) is 11.8 Å². The molecule has 16 heteroatoms. The Hall–Kier alpha value is -4.41. The van der Waals surface area contributed by atoms with E-state index in [0.29, 0.717) is 24.6 Å². The lowest BCUT2D eigenvalue weighted by atomic mass is 9.94. The highest BCUT2D eigenvalue weighted by atomic mass is 16.7. The number of fused-ring (bicyclic) bond motifs is 2. The number of ether oxygens (including phenoxy) is 7. The molecule has 0 unspecified atom stereocenters. The second kappa shape index (κ2) is 19.8. The van der Waals surface area contributed by atoms with Gasteiger partial charge in [-0.2, -0.15) is 0 Å². The van der Waals surface area contributed by atoms with Crippen LogP contribution in [0.25, 0.3) is 0 Å². The van der Waals surface area contributed by atoms with Crippen LogP contribution in [0.5, 0.6) is 11.5 Å². The summed E-state index contributed by atoms with van der Waals surface area (Å²) in [6.07, 6.45) is -1.92. The fourth-order valence-electron chi connectivity index (χ4n) is 5.77. The highest BCUT2D eigenvalue weighted by Gasteiger charge is 2.53. The summed E-state index contributed by atoms with van der Waals surface area (Å²) >= 11 is 0. The molecule has 0 saturated carbocycles. The van der Waals surface area contributed by atoms with Crippen molar-refractivity contribution in [2.24, 2.45) is 11.8 Å². The first-order valence-electron chi connectivity index (χ1n) is 17.4. The number of hydrogen-bond acceptors (Lipinski definition) is 13. The summed E-state index contributed by atoms with van der Waals surface area (Å²) in [5.74, 6) is -3.38. The van der Waals surface area contributed by atoms with Crippen LogP contribution >= 0.6 is 0 Å². The van der Waals surface area contributed by atoms with Gasteiger partial charge in [0, 0.05) is 44.8 Å². The molecule has 0 radical (unpaired) electrons. The number of hydrogen-bond donors (Lipinski definition) is 4. The highest BCUT2D eigenvalue weighted by Crippen LogP contribution is 2.35. The summed E-state index contributed by atoms with van der Waals surface area (Å²) in [5.41, 5.74) is 0.288. The van der Waals surface area contributed by atoms with Crippen molar-refractivity contribution in [1.82, 2.24) is 10.6 Å². The topological polar surface area (TPSA) is 206 Å². The van der Waals surface area contributed by atoms with Crippen LogP contribution < -0.4 is 25.4 Å². The number of aliphatic hydroxyl groups excluding tert-OH is 1. The number of carbonyl (C=O) groups excluding carboxylic acids is 5. The van der Waals surface area contributed by atoms with E-state index in [9.17, 15) is 29.1 Å². The molecule has 0 aromatic heterocycles. The van der Waals surface area contributed by atoms with E-state index in [1.54, 1.807) is 24.3 Å². The third-order valence-corrected chi connectivity index (χ3v) is 8.61. The van der Waals surface area contributed by atoms with Gasteiger partial charge in [0.1, 0.15) is 6.10 Å². The summed E-state index contributed by atoms with van der Waals surface area (Å²) in [4.78, 5) is 66.5. The minimum Gasteiger partial charge on any atom is -0.454 e. The van der Waals surface area contributed by atoms with Gasteiger partial charge >= 0.3 is 18.0 Å². The Balaban J connectivity index is 1.64. The van der Waals surface area contributed by atoms with Crippen molar-refractivity contribution < 1.29 is 62.2 Å². The molecule has 3 aliphatic heterocycles. The molecule has 1 aromatic rings. The van der Waals surface area contributed by atoms with Crippen LogP contribution in [-0.2, 0) is 42.9 Å². The summed E-state index contributed by atoms with van der Waals surface area (Å²) in [6.45, 7) is 4.19. The van der Waals surface area contributed by atoms with E-state index in [-0.39, 0.29) is 50.0 Å². The number of anilines is 1. The maximum absolute atomic E-state index is 13.8. The Labute approximate surface area is 296 Å². The van der Waals surface area contributed by atoms with Crippen LogP contribution in [0.3, 0.4) is 0 Å². The molecule has 51 heavy (non-hydrogen) atoms. The molecule has 4 rings (SSSR count). The lowest BCUT2D eigenvalue weighted by Crippen LogP contribution is -2.63. The molecule has 7 atom stereocenters. The Morgan fingerprint density at radius 1 is 0.863 bits per heavy atom. The van der Waals surface area contributed by atoms with Crippen molar-refractivity contribution >= 4 is 35.5 Å². The zero-order valence-corrected chi connectivity index (χ0v) is 29.3. The molecule has 1 saturated heterocycles. The monoisotopic (exact) mass is 719 g/mol. The molecule has 3 amide bonds. The number of carbonyl (C=O) groups is 5. The van der Waals surface area contributed by atoms with E-state index in [2.05, 4.69) is 16.0 Å². The first kappa shape index (κ1) is 39.4. The zero-order valence-electron chi connectivity index (χ0n) is 29.3. The lowest BCUT2D eigenvalue weighted by molar-refractivity contribution is -0.300. The summed E-state index contributed by atoms with van der Waals surface area (Å²) < 4.78 is 39.6. The zero-order chi connectivity index (χ0) is 36.8. The predicted octanol–water partition coefficient (Wildman–Crippen LogP) is 2.71. The Morgan fingerprint density at radius 3 is 2.02 bits per heavy atom. The predicted molar refractivity (Wildman–Crippen MR) is 179 cm³/mol. The van der Waals surface area contributed by atoms with Crippen molar-refractivity contribution in [3.8, 4) is 11.5 Å². The second-order valence-corrected chi connectivity index (χ2v) is 12.5. The minimum atomic E-state index is -1.56. The molecule has 4 N–H and O–H groups in total. The number of unbranched alkanes of at least 4 members (excludes halogenated alkanes) is 2. The van der Waals surface area contributed by atoms with Gasteiger partial charge in [0.25, 0.3) is 0 Å². The van der Waals surface area contributed by atoms with Crippen molar-refractivity contribution in [3.63, 3.8) is 0 Å². The average molecular weight is 720 g/mol. The summed E-state index contributed by atoms with van der Waals surface area (Å²) in [7, 11) is 1.26. The largest absolute Gasteiger partial charge is 0.454 e. The standard InChI is InChI=1S/C35H49N3O13/c1-4-6-14-36-27(40)16-21-10-8-9-11-22(17-28(41)37-15-7-5-2)33(43)50-31-30(49-32(21)42)29(26(19-39)48-34(31)45-3)51-35(44)38-23-12-13-24-25(18-23)47-20-46-24/h8-9,12-13,18,21-22,26,29-31,34,39H,4-7,10-11,14-17,19-20H2,1-3H3,(H,36,40)(H,37,41)(H,38,44)/t21-,22-,26+,29+,30-,31+,34-/m0/s1. The molecule has 282 valence electrons. The van der Waals surface area contributed by atoms with Crippen LogP contribution in [0.4, 0.5) is 10.5 Å². The number of aliphatic hydroxyl groups is 1. The molecule has 0 spiro atoms. The fraction of sp³-hybridized carbons (Fsp3) is 0.629. The maximum Gasteiger partial charge on any atom is 0.412 e. The number of nitrogens with one attached hydrogen (secondary N) is 3. The lowest BCUT2D eigenvalue weighted by Gasteiger charge is -2.44. The molecule has 1 aromatic carbocycles. The first-order valence-corrected chi connectivity index (χ1v) is 17.4. The van der Waals surface area contributed by atoms with Gasteiger partial charge in [-0.05, 0) is 37.8 Å². The van der Waals surface area contributed by atoms with Gasteiger partial charge in [-0.1, -0.05) is 38.8 Å². The van der Waals surface area contributed by atoms with E-state index in [1.807, 2.05) is 13.8 Å². The van der Waals surface area contributed by atoms with Crippen LogP contribution in [0.1, 0.15) is 65.2 Å². The van der Waals surface area contributed by atoms with Crippen molar-refractivity contribution in [3.05, 3.63) is 30.4 Å². The van der Waals surface area contributed by atoms with E-state index in [1.165, 1.54) is 13.2 Å². The summed E-state index contributed by atoms with van der Waals surface area (Å²) in [5, 5.41) is 18.5. The van der Waals surface area contributed by atoms with Crippen LogP contribution in [-0.4, -0.2) is 99.3 Å². The van der Waals surface area contributed by atoms with E-state index < -0.39 is 67.2 Å². The van der Waals surface area contributed by atoms with E-state index in [0.717, 1.165) is 25.7 Å². The number of methoxy groups -OCH3 is 1. The molecule has 3 aliphatic rings. The van der Waals surface area contributed by atoms with E-state index in [4.69, 9.17) is 33.2 Å². The second-order valence-electron chi connectivity index (χ2n) is 12.5. The van der Waals surface area contributed by atoms with Gasteiger partial charge < -0.3 is 48.9 Å². The van der Waals surface area contributed by atoms with Gasteiger partial charge in [-0.25, -0.2) is 4.79 Å². The van der Waals surface area contributed by atoms with Gasteiger partial charge in [-0.3, -0.25) is 24.5 Å². The minimum absolute atomic E-state index is 0.0240. The smallest absolute Gasteiger partial charge is 0.412 e. The molecular weight excluding hydrogens is 670 g/mol. The summed E-state index contributed by atoms with van der Waals surface area (Å²) in [6, 6.07) is 4.67. The van der Waals surface area contributed by atoms with Gasteiger partial charge in [-0.15, -0.1) is 0 Å². The SMILES string of the molecule is CCCCNC(=O)C[C@@H]1CC=CC[C@@H](CC(=O)NCCCC)C(=O)O[C@H]2[C@@H](OC)O[C@H](CO)[C@@H](OC(=O)Nc3ccc4c(c3)OCO4)[C@@H]2OC1=O. The van der Waals surface area contributed by atoms with Gasteiger partial charge in [0.2, 0.25) is 18.6 Å². The molecular formula is C35H49N3O13. The highest BCUT2D eigenvalue weighted by molar-refractivity contribution is 5.86. The molecule has 3 heterocycles. The quantitative estimate of drug-likeness (QED) is 0.0946. The van der Waals surface area contributed by atoms with Crippen molar-refractivity contribution in [2.45, 2.75) is 95.9 Å². The average Bonchev–Trinajstić information content (AvgIpc) is 3.58. The number of allylic oxidation sites excluding steroid dienone is 2. The third kappa shape index (κ3) is 11.3. The Morgan fingerprint density at radius 2 is 1.45 bits per heavy atom. The first-order chi connectivity index (χ1) is 24.7. The maximum atomic E-state index is 13.8. The van der Waals surface area contributed by atoms with Gasteiger partial charge in [0.15, 0.2) is 36.1 Å². The molecule has 1 fully saturated rings. The van der Waals surface area contributed by atoms with Crippen molar-refractivity contribution in [1.29, 1.82) is 0 Å². The number of amides is 3. The number of benzene rings is 1. The van der Waals surface area contributed by atoms with Gasteiger partial charge in [0.05, 0.1) is 18.4 Å². The number of rotatable bonds is 14. The fourth-order valence-corrected chi connectivity index (χ4v) is 5.77. The Kier molecular flexibility index (Phi) is 15.3. The van der Waals surface area contributed by atoms with Crippen LogP contribution in [0.2, 0.25) is 0 Å². The van der Waals surface area contributed by atoms with Crippen molar-refractivity contribution in [2.75, 3.05) is 38.9 Å². The normalized spacial score (nSPS) is 26.0. The van der Waals surface area contributed by atoms with E-state index >= 15 is 0 Å². The van der Waals surface area contributed by atoms with Crippen LogP contribution in [0.15, 0.2) is 30.4 Å². The number of esters is 2. The molecule has 16 nitrogen and oxygen atoms in total.